The second-order valence-electron chi connectivity index (χ2n) is 4.48. The van der Waals surface area contributed by atoms with Gasteiger partial charge in [-0.3, -0.25) is 0 Å². The van der Waals surface area contributed by atoms with Crippen molar-refractivity contribution in [3.05, 3.63) is 39.2 Å². The van der Waals surface area contributed by atoms with Gasteiger partial charge >= 0.3 is 0 Å². The van der Waals surface area contributed by atoms with E-state index in [-0.39, 0.29) is 0 Å². The van der Waals surface area contributed by atoms with Crippen LogP contribution in [0.4, 0.5) is 0 Å². The predicted octanol–water partition coefficient (Wildman–Crippen LogP) is 4.43. The Bertz CT molecular complexity index is 533. The molecule has 0 saturated carbocycles. The molecule has 0 N–H and O–H groups in total. The third-order valence-electron chi connectivity index (χ3n) is 3.66. The standard InChI is InChI=1S/C14H16ClN/c1-7-6-16-14(15)13-11(5)9(3)8(2)10(4)12(7)13/h6H,1-5H3. The minimum atomic E-state index is 0.615. The number of benzene rings is 1. The van der Waals surface area contributed by atoms with E-state index >= 15 is 0 Å². The molecule has 0 aliphatic heterocycles. The summed E-state index contributed by atoms with van der Waals surface area (Å²) in [7, 11) is 0. The molecule has 2 rings (SSSR count). The summed E-state index contributed by atoms with van der Waals surface area (Å²) in [4.78, 5) is 4.25. The number of halogens is 1. The molecule has 0 spiro atoms. The molecule has 16 heavy (non-hydrogen) atoms. The Morgan fingerprint density at radius 2 is 1.31 bits per heavy atom. The summed E-state index contributed by atoms with van der Waals surface area (Å²) < 4.78 is 0. The van der Waals surface area contributed by atoms with Gasteiger partial charge in [0, 0.05) is 11.6 Å². The largest absolute Gasteiger partial charge is 0.244 e. The Hall–Kier alpha value is -1.08. The zero-order valence-corrected chi connectivity index (χ0v) is 11.2. The van der Waals surface area contributed by atoms with E-state index in [2.05, 4.69) is 39.6 Å². The molecule has 2 heteroatoms. The fourth-order valence-corrected chi connectivity index (χ4v) is 2.63. The number of aryl methyl sites for hydroxylation is 3. The maximum Gasteiger partial charge on any atom is 0.137 e. The predicted molar refractivity (Wildman–Crippen MR) is 70.4 cm³/mol. The van der Waals surface area contributed by atoms with Crippen LogP contribution < -0.4 is 0 Å². The van der Waals surface area contributed by atoms with E-state index in [0.717, 1.165) is 5.39 Å². The fourth-order valence-electron chi connectivity index (χ4n) is 2.35. The SMILES string of the molecule is Cc1c(C)c(C)c2c(Cl)ncc(C)c2c1C. The van der Waals surface area contributed by atoms with E-state index in [0.29, 0.717) is 5.15 Å². The third kappa shape index (κ3) is 1.42. The van der Waals surface area contributed by atoms with Crippen LogP contribution in [0.1, 0.15) is 27.8 Å². The lowest BCUT2D eigenvalue weighted by atomic mass is 9.91. The van der Waals surface area contributed by atoms with Crippen molar-refractivity contribution in [2.75, 3.05) is 0 Å². The monoisotopic (exact) mass is 233 g/mol. The highest BCUT2D eigenvalue weighted by Gasteiger charge is 2.13. The van der Waals surface area contributed by atoms with Gasteiger partial charge in [-0.05, 0) is 67.8 Å². The molecule has 2 aromatic rings. The Labute approximate surface area is 101 Å². The molecule has 0 radical (unpaired) electrons. The quantitative estimate of drug-likeness (QED) is 0.614. The number of hydrogen-bond donors (Lipinski definition) is 0. The second-order valence-corrected chi connectivity index (χ2v) is 4.84. The average Bonchev–Trinajstić information content (AvgIpc) is 2.26. The van der Waals surface area contributed by atoms with Crippen molar-refractivity contribution in [2.24, 2.45) is 0 Å². The van der Waals surface area contributed by atoms with Crippen LogP contribution in [0.25, 0.3) is 10.8 Å². The molecule has 1 aromatic carbocycles. The molecule has 1 heterocycles. The fraction of sp³-hybridized carbons (Fsp3) is 0.357. The van der Waals surface area contributed by atoms with E-state index in [9.17, 15) is 0 Å². The minimum Gasteiger partial charge on any atom is -0.244 e. The van der Waals surface area contributed by atoms with Crippen LogP contribution in [0, 0.1) is 34.6 Å². The number of pyridine rings is 1. The Morgan fingerprint density at radius 3 is 1.88 bits per heavy atom. The van der Waals surface area contributed by atoms with Crippen LogP contribution in [0.3, 0.4) is 0 Å². The van der Waals surface area contributed by atoms with Crippen LogP contribution in [0.5, 0.6) is 0 Å². The lowest BCUT2D eigenvalue weighted by Crippen LogP contribution is -1.97. The maximum absolute atomic E-state index is 6.22. The summed E-state index contributed by atoms with van der Waals surface area (Å²) in [5, 5.41) is 2.99. The van der Waals surface area contributed by atoms with Gasteiger partial charge in [-0.25, -0.2) is 4.98 Å². The van der Waals surface area contributed by atoms with Gasteiger partial charge in [0.25, 0.3) is 0 Å². The van der Waals surface area contributed by atoms with Crippen molar-refractivity contribution in [2.45, 2.75) is 34.6 Å². The van der Waals surface area contributed by atoms with Gasteiger partial charge in [-0.1, -0.05) is 11.6 Å². The van der Waals surface area contributed by atoms with Gasteiger partial charge in [0.15, 0.2) is 0 Å². The number of hydrogen-bond acceptors (Lipinski definition) is 1. The number of aromatic nitrogens is 1. The molecule has 0 fully saturated rings. The van der Waals surface area contributed by atoms with Gasteiger partial charge in [0.05, 0.1) is 0 Å². The van der Waals surface area contributed by atoms with Crippen molar-refractivity contribution >= 4 is 22.4 Å². The van der Waals surface area contributed by atoms with Crippen molar-refractivity contribution < 1.29 is 0 Å². The van der Waals surface area contributed by atoms with E-state index in [1.807, 2.05) is 6.20 Å². The number of rotatable bonds is 0. The summed E-state index contributed by atoms with van der Waals surface area (Å²) in [6, 6.07) is 0. The highest BCUT2D eigenvalue weighted by atomic mass is 35.5. The van der Waals surface area contributed by atoms with E-state index < -0.39 is 0 Å². The molecule has 0 atom stereocenters. The lowest BCUT2D eigenvalue weighted by molar-refractivity contribution is 1.22. The summed E-state index contributed by atoms with van der Waals surface area (Å²) in [6.45, 7) is 10.7. The topological polar surface area (TPSA) is 12.9 Å². The Kier molecular flexibility index (Phi) is 2.67. The normalized spacial score (nSPS) is 11.1. The molecule has 1 aromatic heterocycles. The summed E-state index contributed by atoms with van der Waals surface area (Å²) in [5.41, 5.74) is 6.44. The maximum atomic E-state index is 6.22. The summed E-state index contributed by atoms with van der Waals surface area (Å²) >= 11 is 6.22. The van der Waals surface area contributed by atoms with Crippen LogP contribution in [-0.4, -0.2) is 4.98 Å². The highest BCUT2D eigenvalue weighted by Crippen LogP contribution is 2.34. The zero-order chi connectivity index (χ0) is 12.0. The molecular weight excluding hydrogens is 218 g/mol. The van der Waals surface area contributed by atoms with Gasteiger partial charge in [0.1, 0.15) is 5.15 Å². The van der Waals surface area contributed by atoms with E-state index in [4.69, 9.17) is 11.6 Å². The molecule has 0 amide bonds. The zero-order valence-electron chi connectivity index (χ0n) is 10.4. The lowest BCUT2D eigenvalue weighted by Gasteiger charge is -2.16. The first-order valence-corrected chi connectivity index (χ1v) is 5.84. The van der Waals surface area contributed by atoms with Crippen LogP contribution in [-0.2, 0) is 0 Å². The molecule has 0 bridgehead atoms. The minimum absolute atomic E-state index is 0.615. The van der Waals surface area contributed by atoms with Crippen molar-refractivity contribution in [3.8, 4) is 0 Å². The van der Waals surface area contributed by atoms with Gasteiger partial charge in [0.2, 0.25) is 0 Å². The van der Waals surface area contributed by atoms with Crippen molar-refractivity contribution in [1.29, 1.82) is 0 Å². The summed E-state index contributed by atoms with van der Waals surface area (Å²) in [6.07, 6.45) is 1.85. The first kappa shape index (κ1) is 11.4. The smallest absolute Gasteiger partial charge is 0.137 e. The molecule has 1 nitrogen and oxygen atoms in total. The van der Waals surface area contributed by atoms with Crippen LogP contribution in [0.15, 0.2) is 6.20 Å². The van der Waals surface area contributed by atoms with Crippen LogP contribution in [0.2, 0.25) is 5.15 Å². The van der Waals surface area contributed by atoms with Gasteiger partial charge in [-0.15, -0.1) is 0 Å². The Morgan fingerprint density at radius 1 is 0.812 bits per heavy atom. The van der Waals surface area contributed by atoms with E-state index in [1.54, 1.807) is 0 Å². The van der Waals surface area contributed by atoms with Crippen LogP contribution >= 0.6 is 11.6 Å². The average molecular weight is 234 g/mol. The molecular formula is C14H16ClN. The highest BCUT2D eigenvalue weighted by molar-refractivity contribution is 6.34. The number of nitrogens with zero attached hydrogens (tertiary/aromatic N) is 1. The molecule has 0 saturated heterocycles. The number of fused-ring (bicyclic) bond motifs is 1. The van der Waals surface area contributed by atoms with Gasteiger partial charge in [-0.2, -0.15) is 0 Å². The summed E-state index contributed by atoms with van der Waals surface area (Å²) in [5.74, 6) is 0. The van der Waals surface area contributed by atoms with Crippen molar-refractivity contribution in [1.82, 2.24) is 4.98 Å². The molecule has 0 unspecified atom stereocenters. The van der Waals surface area contributed by atoms with E-state index in [1.165, 1.54) is 33.2 Å². The first-order valence-electron chi connectivity index (χ1n) is 5.46. The second kappa shape index (κ2) is 3.74. The molecule has 0 aliphatic carbocycles. The first-order chi connectivity index (χ1) is 7.45. The third-order valence-corrected chi connectivity index (χ3v) is 3.95. The molecule has 84 valence electrons. The Balaban J connectivity index is 3.14. The van der Waals surface area contributed by atoms with Crippen molar-refractivity contribution in [3.63, 3.8) is 0 Å². The molecule has 0 aliphatic rings. The van der Waals surface area contributed by atoms with Gasteiger partial charge < -0.3 is 0 Å².